The average molecular weight is 432 g/mol. The summed E-state index contributed by atoms with van der Waals surface area (Å²) >= 11 is 0. The monoisotopic (exact) mass is 431 g/mol. The summed E-state index contributed by atoms with van der Waals surface area (Å²) in [5, 5.41) is 5.90. The van der Waals surface area contributed by atoms with Gasteiger partial charge in [-0.1, -0.05) is 73.3 Å². The molecular weight excluding hydrogens is 398 g/mol. The second-order valence-electron chi connectivity index (χ2n) is 8.85. The Balaban J connectivity index is 2.03. The fourth-order valence-electron chi connectivity index (χ4n) is 5.22. The zero-order valence-electron chi connectivity index (χ0n) is 20.6. The minimum absolute atomic E-state index is 1.06. The molecule has 0 atom stereocenters. The Labute approximate surface area is 198 Å². The maximum atomic E-state index is 4.67. The fourth-order valence-corrected chi connectivity index (χ4v) is 5.22. The first-order valence-corrected chi connectivity index (χ1v) is 11.6. The number of rotatable bonds is 5. The molecule has 4 aromatic rings. The molecule has 1 nitrogen and oxygen atoms in total. The third-order valence-electron chi connectivity index (χ3n) is 6.75. The zero-order chi connectivity index (χ0) is 23.7. The summed E-state index contributed by atoms with van der Waals surface area (Å²) in [7, 11) is 2.00. The molecule has 0 aliphatic rings. The molecule has 0 amide bonds. The van der Waals surface area contributed by atoms with Gasteiger partial charge in [-0.3, -0.25) is 0 Å². The van der Waals surface area contributed by atoms with Crippen molar-refractivity contribution in [1.29, 1.82) is 0 Å². The van der Waals surface area contributed by atoms with Gasteiger partial charge in [0.2, 0.25) is 0 Å². The van der Waals surface area contributed by atoms with Gasteiger partial charge in [-0.05, 0) is 102 Å². The van der Waals surface area contributed by atoms with Gasteiger partial charge in [0.25, 0.3) is 0 Å². The molecule has 1 N–H and O–H groups in total. The fraction of sp³-hybridized carbons (Fsp3) is 0.188. The minimum atomic E-state index is 1.06. The highest BCUT2D eigenvalue weighted by atomic mass is 14.8. The third kappa shape index (κ3) is 3.89. The average Bonchev–Trinajstić information content (AvgIpc) is 2.80. The summed E-state index contributed by atoms with van der Waals surface area (Å²) in [6, 6.07) is 21.8. The second-order valence-corrected chi connectivity index (χ2v) is 8.85. The summed E-state index contributed by atoms with van der Waals surface area (Å²) in [5.74, 6) is 0. The van der Waals surface area contributed by atoms with Crippen LogP contribution in [0, 0.1) is 27.7 Å². The molecular formula is C32H33N. The Bertz CT molecular complexity index is 1400. The molecule has 0 saturated carbocycles. The molecule has 4 rings (SSSR count). The molecule has 0 saturated heterocycles. The summed E-state index contributed by atoms with van der Waals surface area (Å²) < 4.78 is 0. The van der Waals surface area contributed by atoms with E-state index < -0.39 is 0 Å². The van der Waals surface area contributed by atoms with Gasteiger partial charge in [-0.2, -0.15) is 0 Å². The first kappa shape index (κ1) is 22.6. The molecule has 0 heterocycles. The van der Waals surface area contributed by atoms with E-state index in [-0.39, 0.29) is 0 Å². The van der Waals surface area contributed by atoms with E-state index in [1.165, 1.54) is 66.5 Å². The van der Waals surface area contributed by atoms with Gasteiger partial charge < -0.3 is 5.32 Å². The number of fused-ring (bicyclic) bond motifs is 1. The smallest absolute Gasteiger partial charge is 0.0453 e. The summed E-state index contributed by atoms with van der Waals surface area (Å²) in [6.45, 7) is 15.6. The number of hydrogen-bond acceptors (Lipinski definition) is 1. The molecule has 166 valence electrons. The van der Waals surface area contributed by atoms with E-state index in [4.69, 9.17) is 0 Å². The van der Waals surface area contributed by atoms with Gasteiger partial charge in [-0.15, -0.1) is 0 Å². The Morgan fingerprint density at radius 1 is 0.848 bits per heavy atom. The Kier molecular flexibility index (Phi) is 6.24. The minimum Gasteiger partial charge on any atom is -0.387 e. The lowest BCUT2D eigenvalue weighted by Gasteiger charge is -2.23. The van der Waals surface area contributed by atoms with Crippen LogP contribution in [0.25, 0.3) is 33.5 Å². The zero-order valence-corrected chi connectivity index (χ0v) is 20.6. The van der Waals surface area contributed by atoms with Gasteiger partial charge in [0.1, 0.15) is 0 Å². The molecule has 0 aliphatic heterocycles. The van der Waals surface area contributed by atoms with Crippen LogP contribution >= 0.6 is 0 Å². The SMILES string of the molecule is C=C(c1cc2ccccc2c(NC)c1C)c1c(/C=C\C)cc(C)c(-c2ccccc2C)c1C. The van der Waals surface area contributed by atoms with E-state index >= 15 is 0 Å². The highest BCUT2D eigenvalue weighted by Gasteiger charge is 2.20. The van der Waals surface area contributed by atoms with Crippen LogP contribution in [-0.2, 0) is 0 Å². The molecule has 0 fully saturated rings. The van der Waals surface area contributed by atoms with Crippen LogP contribution in [0.2, 0.25) is 0 Å². The Morgan fingerprint density at radius 3 is 2.24 bits per heavy atom. The van der Waals surface area contributed by atoms with Crippen LogP contribution in [0.3, 0.4) is 0 Å². The molecule has 0 unspecified atom stereocenters. The number of aryl methyl sites for hydroxylation is 2. The number of allylic oxidation sites excluding steroid dienone is 1. The van der Waals surface area contributed by atoms with E-state index in [9.17, 15) is 0 Å². The largest absolute Gasteiger partial charge is 0.387 e. The maximum absolute atomic E-state index is 4.67. The molecule has 0 bridgehead atoms. The predicted octanol–water partition coefficient (Wildman–Crippen LogP) is 8.88. The number of anilines is 1. The number of benzene rings is 4. The van der Waals surface area contributed by atoms with Crippen LogP contribution in [0.5, 0.6) is 0 Å². The normalized spacial score (nSPS) is 11.3. The Morgan fingerprint density at radius 2 is 1.55 bits per heavy atom. The van der Waals surface area contributed by atoms with Gasteiger partial charge in [0.15, 0.2) is 0 Å². The second kappa shape index (κ2) is 9.11. The van der Waals surface area contributed by atoms with Crippen molar-refractivity contribution >= 4 is 28.1 Å². The van der Waals surface area contributed by atoms with Crippen molar-refractivity contribution in [3.8, 4) is 11.1 Å². The summed E-state index contributed by atoms with van der Waals surface area (Å²) in [4.78, 5) is 0. The topological polar surface area (TPSA) is 12.0 Å². The summed E-state index contributed by atoms with van der Waals surface area (Å²) in [5.41, 5.74) is 13.5. The summed E-state index contributed by atoms with van der Waals surface area (Å²) in [6.07, 6.45) is 4.32. The van der Waals surface area contributed by atoms with Crippen molar-refractivity contribution in [3.05, 3.63) is 112 Å². The highest BCUT2D eigenvalue weighted by molar-refractivity contribution is 6.01. The maximum Gasteiger partial charge on any atom is 0.0453 e. The predicted molar refractivity (Wildman–Crippen MR) is 147 cm³/mol. The lowest BCUT2D eigenvalue weighted by molar-refractivity contribution is 1.31. The van der Waals surface area contributed by atoms with Crippen LogP contribution < -0.4 is 5.32 Å². The van der Waals surface area contributed by atoms with Crippen molar-refractivity contribution in [2.75, 3.05) is 12.4 Å². The molecule has 0 aromatic heterocycles. The van der Waals surface area contributed by atoms with Gasteiger partial charge >= 0.3 is 0 Å². The first-order valence-electron chi connectivity index (χ1n) is 11.6. The van der Waals surface area contributed by atoms with Gasteiger partial charge in [0, 0.05) is 18.1 Å². The molecule has 4 aromatic carbocycles. The number of nitrogens with one attached hydrogen (secondary N) is 1. The molecule has 0 aliphatic carbocycles. The van der Waals surface area contributed by atoms with Crippen LogP contribution in [0.15, 0.2) is 73.3 Å². The van der Waals surface area contributed by atoms with Crippen molar-refractivity contribution in [3.63, 3.8) is 0 Å². The van der Waals surface area contributed by atoms with Crippen molar-refractivity contribution in [1.82, 2.24) is 0 Å². The molecule has 33 heavy (non-hydrogen) atoms. The van der Waals surface area contributed by atoms with E-state index in [1.807, 2.05) is 7.05 Å². The van der Waals surface area contributed by atoms with Gasteiger partial charge in [-0.25, -0.2) is 0 Å². The van der Waals surface area contributed by atoms with Crippen molar-refractivity contribution < 1.29 is 0 Å². The van der Waals surface area contributed by atoms with E-state index in [1.54, 1.807) is 0 Å². The number of hydrogen-bond donors (Lipinski definition) is 1. The van der Waals surface area contributed by atoms with Crippen LogP contribution in [-0.4, -0.2) is 7.05 Å². The molecule has 0 spiro atoms. The lowest BCUT2D eigenvalue weighted by Crippen LogP contribution is -2.03. The van der Waals surface area contributed by atoms with Crippen molar-refractivity contribution in [2.24, 2.45) is 0 Å². The Hall–Kier alpha value is -3.58. The quantitative estimate of drug-likeness (QED) is 0.333. The van der Waals surface area contributed by atoms with Crippen LogP contribution in [0.4, 0.5) is 5.69 Å². The van der Waals surface area contributed by atoms with Gasteiger partial charge in [0.05, 0.1) is 0 Å². The van der Waals surface area contributed by atoms with Crippen LogP contribution in [0.1, 0.15) is 45.9 Å². The molecule has 1 heteroatoms. The standard InChI is InChI=1S/C32H33N/c1-8-13-26-18-21(3)30(27-16-11-9-14-20(27)2)24(6)31(26)22(4)29-19-25-15-10-12-17-28(25)32(33-7)23(29)5/h8-19,33H,4H2,1-3,5-7H3/b13-8-. The third-order valence-corrected chi connectivity index (χ3v) is 6.75. The van der Waals surface area contributed by atoms with Crippen molar-refractivity contribution in [2.45, 2.75) is 34.6 Å². The van der Waals surface area contributed by atoms with E-state index in [0.29, 0.717) is 0 Å². The highest BCUT2D eigenvalue weighted by Crippen LogP contribution is 2.41. The first-order chi connectivity index (χ1) is 15.9. The van der Waals surface area contributed by atoms with E-state index in [2.05, 4.69) is 119 Å². The lowest BCUT2D eigenvalue weighted by atomic mass is 9.82. The molecule has 0 radical (unpaired) electrons. The van der Waals surface area contributed by atoms with E-state index in [0.717, 1.165) is 5.57 Å².